The SMILES string of the molecule is CC/C=C\C/C=C\C/C=C\C/C=C\C/C=C\C/C=C\C/C=C\CCCC(=O)OCC(COC(=O)CCCCCCC/C=C\CCCCCCCCC)OC(=O)CCCCC/C=C\C/C=C\C/C=C\C/C=C\C/C=C\CC. The van der Waals surface area contributed by atoms with E-state index in [1.54, 1.807) is 0 Å². The van der Waals surface area contributed by atoms with Gasteiger partial charge in [-0.25, -0.2) is 0 Å². The van der Waals surface area contributed by atoms with E-state index >= 15 is 0 Å². The summed E-state index contributed by atoms with van der Waals surface area (Å²) in [5, 5.41) is 0. The number of rotatable bonds is 53. The summed E-state index contributed by atoms with van der Waals surface area (Å²) in [5.41, 5.74) is 0. The van der Waals surface area contributed by atoms with Gasteiger partial charge >= 0.3 is 17.9 Å². The van der Waals surface area contributed by atoms with Crippen molar-refractivity contribution < 1.29 is 28.6 Å². The molecule has 76 heavy (non-hydrogen) atoms. The Morgan fingerprint density at radius 1 is 0.276 bits per heavy atom. The molecule has 0 aromatic rings. The topological polar surface area (TPSA) is 78.9 Å². The average Bonchev–Trinajstić information content (AvgIpc) is 3.42. The third-order valence-corrected chi connectivity index (χ3v) is 12.2. The molecule has 0 heterocycles. The first kappa shape index (κ1) is 71.0. The molecule has 0 saturated heterocycles. The van der Waals surface area contributed by atoms with Gasteiger partial charge in [0, 0.05) is 19.3 Å². The maximum absolute atomic E-state index is 12.9. The van der Waals surface area contributed by atoms with Crippen LogP contribution in [0.15, 0.2) is 158 Å². The molecule has 0 aliphatic heterocycles. The van der Waals surface area contributed by atoms with Crippen molar-refractivity contribution in [2.24, 2.45) is 0 Å². The maximum atomic E-state index is 12.9. The van der Waals surface area contributed by atoms with E-state index in [9.17, 15) is 14.4 Å². The van der Waals surface area contributed by atoms with E-state index in [1.165, 1.54) is 57.8 Å². The van der Waals surface area contributed by atoms with Gasteiger partial charge in [-0.2, -0.15) is 0 Å². The molecule has 0 saturated carbocycles. The molecule has 426 valence electrons. The quantitative estimate of drug-likeness (QED) is 0.0261. The molecular formula is C70H110O6. The van der Waals surface area contributed by atoms with Crippen LogP contribution in [0.4, 0.5) is 0 Å². The molecule has 0 aliphatic rings. The minimum absolute atomic E-state index is 0.121. The third-order valence-electron chi connectivity index (χ3n) is 12.2. The lowest BCUT2D eigenvalue weighted by atomic mass is 10.1. The van der Waals surface area contributed by atoms with Crippen molar-refractivity contribution >= 4 is 17.9 Å². The van der Waals surface area contributed by atoms with E-state index in [2.05, 4.69) is 179 Å². The van der Waals surface area contributed by atoms with Gasteiger partial charge in [0.1, 0.15) is 13.2 Å². The zero-order valence-electron chi connectivity index (χ0n) is 48.7. The second kappa shape index (κ2) is 62.6. The largest absolute Gasteiger partial charge is 0.462 e. The maximum Gasteiger partial charge on any atom is 0.306 e. The molecule has 1 unspecified atom stereocenters. The molecule has 0 aromatic carbocycles. The highest BCUT2D eigenvalue weighted by Gasteiger charge is 2.19. The summed E-state index contributed by atoms with van der Waals surface area (Å²) in [5.74, 6) is -1.03. The number of carbonyl (C=O) groups is 3. The summed E-state index contributed by atoms with van der Waals surface area (Å²) in [4.78, 5) is 38.3. The molecule has 1 atom stereocenters. The zero-order chi connectivity index (χ0) is 55.0. The van der Waals surface area contributed by atoms with Crippen LogP contribution in [0.2, 0.25) is 0 Å². The van der Waals surface area contributed by atoms with Crippen molar-refractivity contribution in [2.75, 3.05) is 13.2 Å². The van der Waals surface area contributed by atoms with Crippen LogP contribution in [0.3, 0.4) is 0 Å². The monoisotopic (exact) mass is 1050 g/mol. The lowest BCUT2D eigenvalue weighted by molar-refractivity contribution is -0.167. The molecule has 0 fully saturated rings. The molecule has 0 rings (SSSR count). The second-order valence-corrected chi connectivity index (χ2v) is 19.5. The van der Waals surface area contributed by atoms with Gasteiger partial charge in [-0.1, -0.05) is 243 Å². The van der Waals surface area contributed by atoms with Gasteiger partial charge in [0.15, 0.2) is 6.10 Å². The number of carbonyl (C=O) groups excluding carboxylic acids is 3. The Morgan fingerprint density at radius 3 is 0.882 bits per heavy atom. The Kier molecular flexibility index (Phi) is 58.5. The lowest BCUT2D eigenvalue weighted by Gasteiger charge is -2.18. The molecule has 0 spiro atoms. The van der Waals surface area contributed by atoms with Gasteiger partial charge in [0.05, 0.1) is 0 Å². The van der Waals surface area contributed by atoms with Crippen molar-refractivity contribution in [1.29, 1.82) is 0 Å². The Balaban J connectivity index is 4.59. The van der Waals surface area contributed by atoms with Crippen molar-refractivity contribution in [2.45, 2.75) is 252 Å². The average molecular weight is 1050 g/mol. The van der Waals surface area contributed by atoms with Crippen LogP contribution in [0.5, 0.6) is 0 Å². The van der Waals surface area contributed by atoms with Crippen molar-refractivity contribution in [3.05, 3.63) is 158 Å². The fourth-order valence-electron chi connectivity index (χ4n) is 7.75. The molecule has 0 aromatic heterocycles. The Labute approximate surface area is 467 Å². The van der Waals surface area contributed by atoms with Gasteiger partial charge in [0.25, 0.3) is 0 Å². The van der Waals surface area contributed by atoms with Gasteiger partial charge < -0.3 is 14.2 Å². The summed E-state index contributed by atoms with van der Waals surface area (Å²) in [6.45, 7) is 6.32. The van der Waals surface area contributed by atoms with Gasteiger partial charge in [-0.05, 0) is 141 Å². The molecule has 0 aliphatic carbocycles. The molecule has 0 bridgehead atoms. The Hall–Kier alpha value is -4.97. The van der Waals surface area contributed by atoms with Crippen molar-refractivity contribution in [3.8, 4) is 0 Å². The molecule has 6 nitrogen and oxygen atoms in total. The van der Waals surface area contributed by atoms with Crippen LogP contribution in [0.1, 0.15) is 245 Å². The van der Waals surface area contributed by atoms with E-state index < -0.39 is 6.10 Å². The molecule has 0 radical (unpaired) electrons. The molecule has 0 N–H and O–H groups in total. The van der Waals surface area contributed by atoms with Crippen LogP contribution in [-0.4, -0.2) is 37.2 Å². The van der Waals surface area contributed by atoms with E-state index in [4.69, 9.17) is 14.2 Å². The second-order valence-electron chi connectivity index (χ2n) is 19.5. The summed E-state index contributed by atoms with van der Waals surface area (Å²) >= 11 is 0. The predicted octanol–water partition coefficient (Wildman–Crippen LogP) is 20.9. The van der Waals surface area contributed by atoms with E-state index in [1.807, 2.05) is 0 Å². The van der Waals surface area contributed by atoms with Gasteiger partial charge in [0.2, 0.25) is 0 Å². The number of allylic oxidation sites excluding steroid dienone is 26. The third kappa shape index (κ3) is 59.9. The summed E-state index contributed by atoms with van der Waals surface area (Å²) in [7, 11) is 0. The number of esters is 3. The highest BCUT2D eigenvalue weighted by molar-refractivity contribution is 5.71. The fourth-order valence-corrected chi connectivity index (χ4v) is 7.75. The van der Waals surface area contributed by atoms with Crippen molar-refractivity contribution in [3.63, 3.8) is 0 Å². The number of ether oxygens (including phenoxy) is 3. The van der Waals surface area contributed by atoms with Gasteiger partial charge in [-0.15, -0.1) is 0 Å². The lowest BCUT2D eigenvalue weighted by Crippen LogP contribution is -2.30. The van der Waals surface area contributed by atoms with Crippen LogP contribution in [-0.2, 0) is 28.6 Å². The van der Waals surface area contributed by atoms with Crippen LogP contribution >= 0.6 is 0 Å². The number of hydrogen-bond acceptors (Lipinski definition) is 6. The Morgan fingerprint density at radius 2 is 0.526 bits per heavy atom. The number of hydrogen-bond donors (Lipinski definition) is 0. The Bertz CT molecular complexity index is 1720. The summed E-state index contributed by atoms with van der Waals surface area (Å²) in [6.07, 6.45) is 91.0. The number of unbranched alkanes of at least 4 members (excludes halogenated alkanes) is 16. The standard InChI is InChI=1S/C70H110O6/c1-4-7-10-13-16-19-22-25-28-31-33-34-35-36-38-39-42-45-48-51-54-57-60-63-69(72)75-66-67(65-74-68(71)62-59-56-53-50-47-44-41-30-27-24-21-18-15-12-9-6-3)76-70(73)64-61-58-55-52-49-46-43-40-37-32-29-26-23-20-17-14-11-8-5-2/h7-8,10-11,16-17,19-20,25-26,28-30,33-34,36-38,40-42,45-46,49,51,54,67H,4-6,9,12-15,18,21-24,27,31-32,35,39,43-44,47-48,50,52-53,55-66H2,1-3H3/b10-7-,11-8-,19-16-,20-17-,28-25-,29-26-,34-33-,38-36-,40-37-,41-30-,45-42-,49-46-,54-51-. The summed E-state index contributed by atoms with van der Waals surface area (Å²) in [6, 6.07) is 0. The van der Waals surface area contributed by atoms with Crippen LogP contribution in [0, 0.1) is 0 Å². The molecule has 0 amide bonds. The molecule has 6 heteroatoms. The van der Waals surface area contributed by atoms with Crippen LogP contribution < -0.4 is 0 Å². The highest BCUT2D eigenvalue weighted by Crippen LogP contribution is 2.13. The first-order chi connectivity index (χ1) is 37.5. The first-order valence-corrected chi connectivity index (χ1v) is 30.5. The minimum Gasteiger partial charge on any atom is -0.462 e. The smallest absolute Gasteiger partial charge is 0.306 e. The van der Waals surface area contributed by atoms with E-state index in [0.717, 1.165) is 135 Å². The van der Waals surface area contributed by atoms with Crippen LogP contribution in [0.25, 0.3) is 0 Å². The van der Waals surface area contributed by atoms with E-state index in [0.29, 0.717) is 19.3 Å². The molecular weight excluding hydrogens is 937 g/mol. The highest BCUT2D eigenvalue weighted by atomic mass is 16.6. The van der Waals surface area contributed by atoms with Crippen molar-refractivity contribution in [1.82, 2.24) is 0 Å². The fraction of sp³-hybridized carbons (Fsp3) is 0.586. The normalized spacial score (nSPS) is 13.2. The minimum atomic E-state index is -0.832. The first-order valence-electron chi connectivity index (χ1n) is 30.5. The summed E-state index contributed by atoms with van der Waals surface area (Å²) < 4.78 is 16.8. The van der Waals surface area contributed by atoms with Gasteiger partial charge in [-0.3, -0.25) is 14.4 Å². The predicted molar refractivity (Wildman–Crippen MR) is 329 cm³/mol. The zero-order valence-corrected chi connectivity index (χ0v) is 48.7. The van der Waals surface area contributed by atoms with E-state index in [-0.39, 0.29) is 44.0 Å².